The molecular formula is C22H23BrN2O4. The number of ether oxygens (including phenoxy) is 2. The molecular weight excluding hydrogens is 436 g/mol. The van der Waals surface area contributed by atoms with Crippen molar-refractivity contribution in [2.75, 3.05) is 38.3 Å². The molecule has 2 aliphatic rings. The summed E-state index contributed by atoms with van der Waals surface area (Å²) in [5, 5.41) is 0. The predicted octanol–water partition coefficient (Wildman–Crippen LogP) is 3.41. The molecule has 152 valence electrons. The number of rotatable bonds is 4. The van der Waals surface area contributed by atoms with Crippen molar-refractivity contribution in [3.63, 3.8) is 0 Å². The molecule has 29 heavy (non-hydrogen) atoms. The van der Waals surface area contributed by atoms with Crippen molar-refractivity contribution in [1.82, 2.24) is 4.90 Å². The number of amides is 2. The zero-order valence-electron chi connectivity index (χ0n) is 16.2. The van der Waals surface area contributed by atoms with Crippen LogP contribution in [0.5, 0.6) is 5.75 Å². The largest absolute Gasteiger partial charge is 0.497 e. The Morgan fingerprint density at radius 2 is 1.83 bits per heavy atom. The van der Waals surface area contributed by atoms with Crippen LogP contribution in [0.1, 0.15) is 18.1 Å². The van der Waals surface area contributed by atoms with Crippen molar-refractivity contribution in [2.45, 2.75) is 12.5 Å². The molecule has 2 aliphatic heterocycles. The van der Waals surface area contributed by atoms with Crippen LogP contribution in [0, 0.1) is 5.92 Å². The highest BCUT2D eigenvalue weighted by molar-refractivity contribution is 9.10. The Bertz CT molecular complexity index is 885. The predicted molar refractivity (Wildman–Crippen MR) is 113 cm³/mol. The van der Waals surface area contributed by atoms with E-state index in [1.807, 2.05) is 53.4 Å². The van der Waals surface area contributed by atoms with Gasteiger partial charge in [0.15, 0.2) is 0 Å². The van der Waals surface area contributed by atoms with Crippen LogP contribution in [0.4, 0.5) is 5.69 Å². The summed E-state index contributed by atoms with van der Waals surface area (Å²) in [6.07, 6.45) is 0.0983. The van der Waals surface area contributed by atoms with Crippen LogP contribution >= 0.6 is 15.9 Å². The third kappa shape index (κ3) is 4.31. The maximum atomic E-state index is 13.1. The normalized spacial score (nSPS) is 22.1. The van der Waals surface area contributed by atoms with E-state index in [2.05, 4.69) is 15.9 Å². The summed E-state index contributed by atoms with van der Waals surface area (Å²) < 4.78 is 12.1. The monoisotopic (exact) mass is 458 g/mol. The summed E-state index contributed by atoms with van der Waals surface area (Å²) in [6, 6.07) is 15.3. The SMILES string of the molecule is COc1ccc(N2CC(C(=O)N3CCOC(c4ccc(Br)cc4)C3)CC2=O)cc1. The second kappa shape index (κ2) is 8.55. The van der Waals surface area contributed by atoms with Gasteiger partial charge in [-0.2, -0.15) is 0 Å². The Morgan fingerprint density at radius 3 is 2.52 bits per heavy atom. The number of hydrogen-bond donors (Lipinski definition) is 0. The highest BCUT2D eigenvalue weighted by Crippen LogP contribution is 2.30. The lowest BCUT2D eigenvalue weighted by atomic mass is 10.0. The minimum Gasteiger partial charge on any atom is -0.497 e. The summed E-state index contributed by atoms with van der Waals surface area (Å²) in [5.74, 6) is 0.416. The van der Waals surface area contributed by atoms with Crippen LogP contribution < -0.4 is 9.64 Å². The maximum Gasteiger partial charge on any atom is 0.228 e. The lowest BCUT2D eigenvalue weighted by molar-refractivity contribution is -0.143. The van der Waals surface area contributed by atoms with Gasteiger partial charge >= 0.3 is 0 Å². The van der Waals surface area contributed by atoms with Gasteiger partial charge in [-0.05, 0) is 42.0 Å². The number of carbonyl (C=O) groups excluding carboxylic acids is 2. The molecule has 0 aliphatic carbocycles. The molecule has 0 spiro atoms. The number of hydrogen-bond acceptors (Lipinski definition) is 4. The number of anilines is 1. The van der Waals surface area contributed by atoms with Crippen LogP contribution in [-0.2, 0) is 14.3 Å². The van der Waals surface area contributed by atoms with Crippen molar-refractivity contribution in [3.8, 4) is 5.75 Å². The Kier molecular flexibility index (Phi) is 5.87. The summed E-state index contributed by atoms with van der Waals surface area (Å²) in [4.78, 5) is 29.2. The van der Waals surface area contributed by atoms with Crippen LogP contribution in [-0.4, -0.2) is 50.1 Å². The molecule has 2 fully saturated rings. The van der Waals surface area contributed by atoms with E-state index in [1.54, 1.807) is 12.0 Å². The molecule has 0 saturated carbocycles. The van der Waals surface area contributed by atoms with E-state index >= 15 is 0 Å². The van der Waals surface area contributed by atoms with Crippen molar-refractivity contribution in [3.05, 3.63) is 58.6 Å². The average molecular weight is 459 g/mol. The van der Waals surface area contributed by atoms with E-state index in [4.69, 9.17) is 9.47 Å². The molecule has 2 amide bonds. The Balaban J connectivity index is 1.42. The van der Waals surface area contributed by atoms with Crippen molar-refractivity contribution in [2.24, 2.45) is 5.92 Å². The highest BCUT2D eigenvalue weighted by atomic mass is 79.9. The number of morpholine rings is 1. The molecule has 0 bridgehead atoms. The van der Waals surface area contributed by atoms with Gasteiger partial charge in [0.25, 0.3) is 0 Å². The van der Waals surface area contributed by atoms with Crippen molar-refractivity contribution in [1.29, 1.82) is 0 Å². The van der Waals surface area contributed by atoms with Gasteiger partial charge in [0.2, 0.25) is 11.8 Å². The Hall–Kier alpha value is -2.38. The first-order chi connectivity index (χ1) is 14.0. The van der Waals surface area contributed by atoms with Crippen LogP contribution in [0.15, 0.2) is 53.0 Å². The molecule has 2 aromatic rings. The zero-order chi connectivity index (χ0) is 20.4. The fourth-order valence-electron chi connectivity index (χ4n) is 3.87. The minimum absolute atomic E-state index is 0.0220. The zero-order valence-corrected chi connectivity index (χ0v) is 17.8. The third-order valence-electron chi connectivity index (χ3n) is 5.48. The first-order valence-electron chi connectivity index (χ1n) is 9.65. The molecule has 2 heterocycles. The van der Waals surface area contributed by atoms with Gasteiger partial charge in [-0.1, -0.05) is 28.1 Å². The first-order valence-corrected chi connectivity index (χ1v) is 10.4. The van der Waals surface area contributed by atoms with Crippen LogP contribution in [0.3, 0.4) is 0 Å². The first kappa shape index (κ1) is 19.9. The number of halogens is 1. The van der Waals surface area contributed by atoms with Crippen molar-refractivity contribution < 1.29 is 19.1 Å². The van der Waals surface area contributed by atoms with Gasteiger partial charge in [0.05, 0.1) is 26.2 Å². The maximum absolute atomic E-state index is 13.1. The molecule has 2 unspecified atom stereocenters. The fraction of sp³-hybridized carbons (Fsp3) is 0.364. The second-order valence-electron chi connectivity index (χ2n) is 7.30. The van der Waals surface area contributed by atoms with Crippen molar-refractivity contribution >= 4 is 33.4 Å². The molecule has 0 aromatic heterocycles. The van der Waals surface area contributed by atoms with Gasteiger partial charge in [-0.3, -0.25) is 9.59 Å². The van der Waals surface area contributed by atoms with Gasteiger partial charge < -0.3 is 19.3 Å². The lowest BCUT2D eigenvalue weighted by Gasteiger charge is -2.34. The van der Waals surface area contributed by atoms with E-state index in [-0.39, 0.29) is 30.3 Å². The van der Waals surface area contributed by atoms with E-state index < -0.39 is 0 Å². The van der Waals surface area contributed by atoms with E-state index in [9.17, 15) is 9.59 Å². The summed E-state index contributed by atoms with van der Waals surface area (Å²) in [6.45, 7) is 1.96. The van der Waals surface area contributed by atoms with Crippen LogP contribution in [0.25, 0.3) is 0 Å². The smallest absolute Gasteiger partial charge is 0.228 e. The summed E-state index contributed by atoms with van der Waals surface area (Å²) in [5.41, 5.74) is 1.84. The second-order valence-corrected chi connectivity index (χ2v) is 8.21. The molecule has 0 N–H and O–H groups in total. The van der Waals surface area contributed by atoms with Gasteiger partial charge in [0, 0.05) is 29.7 Å². The number of nitrogens with zero attached hydrogens (tertiary/aromatic N) is 2. The Labute approximate surface area is 178 Å². The Morgan fingerprint density at radius 1 is 1.10 bits per heavy atom. The van der Waals surface area contributed by atoms with E-state index in [1.165, 1.54) is 0 Å². The highest BCUT2D eigenvalue weighted by Gasteiger charge is 2.38. The number of methoxy groups -OCH3 is 1. The summed E-state index contributed by atoms with van der Waals surface area (Å²) in [7, 11) is 1.61. The fourth-order valence-corrected chi connectivity index (χ4v) is 4.14. The molecule has 7 heteroatoms. The van der Waals surface area contributed by atoms with Gasteiger partial charge in [0.1, 0.15) is 11.9 Å². The molecule has 2 saturated heterocycles. The lowest BCUT2D eigenvalue weighted by Crippen LogP contribution is -2.45. The van der Waals surface area contributed by atoms with E-state index in [0.717, 1.165) is 21.5 Å². The molecule has 0 radical (unpaired) electrons. The number of carbonyl (C=O) groups is 2. The summed E-state index contributed by atoms with van der Waals surface area (Å²) >= 11 is 3.44. The standard InChI is InChI=1S/C22H23BrN2O4/c1-28-19-8-6-18(7-9-19)25-13-16(12-21(25)26)22(27)24-10-11-29-20(14-24)15-2-4-17(23)5-3-15/h2-9,16,20H,10-14H2,1H3. The molecule has 6 nitrogen and oxygen atoms in total. The average Bonchev–Trinajstić information content (AvgIpc) is 3.15. The quantitative estimate of drug-likeness (QED) is 0.704. The van der Waals surface area contributed by atoms with Gasteiger partial charge in [-0.15, -0.1) is 0 Å². The van der Waals surface area contributed by atoms with E-state index in [0.29, 0.717) is 26.2 Å². The molecule has 4 rings (SSSR count). The number of benzene rings is 2. The molecule has 2 atom stereocenters. The minimum atomic E-state index is -0.326. The van der Waals surface area contributed by atoms with Crippen LogP contribution in [0.2, 0.25) is 0 Å². The molecule has 2 aromatic carbocycles. The third-order valence-corrected chi connectivity index (χ3v) is 6.01. The van der Waals surface area contributed by atoms with Gasteiger partial charge in [-0.25, -0.2) is 0 Å². The topological polar surface area (TPSA) is 59.1 Å².